The summed E-state index contributed by atoms with van der Waals surface area (Å²) in [6, 6.07) is 3.53. The summed E-state index contributed by atoms with van der Waals surface area (Å²) in [6.45, 7) is 0. The Labute approximate surface area is 107 Å². The van der Waals surface area contributed by atoms with E-state index >= 15 is 0 Å². The molecule has 0 bridgehead atoms. The Hall–Kier alpha value is -2.14. The molecule has 0 fully saturated rings. The van der Waals surface area contributed by atoms with E-state index in [0.717, 1.165) is 0 Å². The Morgan fingerprint density at radius 3 is 2.94 bits per heavy atom. The first-order valence-corrected chi connectivity index (χ1v) is 5.59. The van der Waals surface area contributed by atoms with Crippen LogP contribution in [0.1, 0.15) is 10.4 Å². The van der Waals surface area contributed by atoms with E-state index in [1.54, 1.807) is 30.0 Å². The first-order valence-electron chi connectivity index (χ1n) is 5.22. The fourth-order valence-electron chi connectivity index (χ4n) is 1.96. The molecule has 18 heavy (non-hydrogen) atoms. The van der Waals surface area contributed by atoms with E-state index in [1.165, 1.54) is 6.33 Å². The number of aromatic nitrogens is 3. The number of furan rings is 1. The van der Waals surface area contributed by atoms with E-state index in [1.807, 2.05) is 0 Å². The largest absolute Gasteiger partial charge is 0.463 e. The second kappa shape index (κ2) is 3.96. The number of fused-ring (bicyclic) bond motifs is 1. The van der Waals surface area contributed by atoms with Gasteiger partial charge in [-0.05, 0) is 12.1 Å². The molecule has 0 unspecified atom stereocenters. The molecular formula is C12H8ClN3O2. The van der Waals surface area contributed by atoms with Crippen LogP contribution in [0.25, 0.3) is 22.5 Å². The average Bonchev–Trinajstić information content (AvgIpc) is 2.99. The lowest BCUT2D eigenvalue weighted by atomic mass is 10.1. The second-order valence-corrected chi connectivity index (χ2v) is 4.14. The third-order valence-corrected chi connectivity index (χ3v) is 3.26. The smallest absolute Gasteiger partial charge is 0.153 e. The maximum atomic E-state index is 11.2. The summed E-state index contributed by atoms with van der Waals surface area (Å²) < 4.78 is 6.97. The summed E-state index contributed by atoms with van der Waals surface area (Å²) >= 11 is 6.10. The van der Waals surface area contributed by atoms with Gasteiger partial charge in [0.2, 0.25) is 0 Å². The highest BCUT2D eigenvalue weighted by molar-refractivity contribution is 6.34. The fraction of sp³-hybridized carbons (Fsp3) is 0.0833. The number of rotatable bonds is 2. The number of aryl methyl sites for hydroxylation is 1. The summed E-state index contributed by atoms with van der Waals surface area (Å²) in [5, 5.41) is 0.947. The van der Waals surface area contributed by atoms with Crippen LogP contribution >= 0.6 is 11.6 Å². The van der Waals surface area contributed by atoms with Crippen LogP contribution in [0.3, 0.4) is 0 Å². The van der Waals surface area contributed by atoms with Gasteiger partial charge in [0.25, 0.3) is 0 Å². The van der Waals surface area contributed by atoms with Gasteiger partial charge in [0, 0.05) is 7.05 Å². The fourth-order valence-corrected chi connectivity index (χ4v) is 2.18. The van der Waals surface area contributed by atoms with E-state index < -0.39 is 0 Å². The second-order valence-electron chi connectivity index (χ2n) is 3.78. The molecule has 6 heteroatoms. The van der Waals surface area contributed by atoms with Gasteiger partial charge < -0.3 is 8.98 Å². The van der Waals surface area contributed by atoms with Crippen LogP contribution in [0.5, 0.6) is 0 Å². The van der Waals surface area contributed by atoms with Crippen molar-refractivity contribution in [3.8, 4) is 11.5 Å². The molecular weight excluding hydrogens is 254 g/mol. The van der Waals surface area contributed by atoms with Crippen molar-refractivity contribution in [2.75, 3.05) is 0 Å². The molecule has 0 saturated carbocycles. The monoisotopic (exact) mass is 261 g/mol. The molecule has 0 N–H and O–H groups in total. The van der Waals surface area contributed by atoms with E-state index in [2.05, 4.69) is 9.97 Å². The van der Waals surface area contributed by atoms with Gasteiger partial charge in [0.05, 0.1) is 17.2 Å². The van der Waals surface area contributed by atoms with Crippen LogP contribution in [0, 0.1) is 0 Å². The minimum absolute atomic E-state index is 0.341. The minimum Gasteiger partial charge on any atom is -0.463 e. The molecule has 0 amide bonds. The van der Waals surface area contributed by atoms with Crippen molar-refractivity contribution in [2.45, 2.75) is 0 Å². The standard InChI is InChI=1S/C12H8ClN3O2/c1-16-11(13)7(5-17)9-10(8-3-2-4-18-8)14-6-15-12(9)16/h2-6H,1H3. The van der Waals surface area contributed by atoms with Gasteiger partial charge in [-0.3, -0.25) is 4.79 Å². The highest BCUT2D eigenvalue weighted by Gasteiger charge is 2.20. The third kappa shape index (κ3) is 1.37. The molecule has 0 aliphatic heterocycles. The van der Waals surface area contributed by atoms with E-state index in [0.29, 0.717) is 39.5 Å². The number of carbonyl (C=O) groups is 1. The Kier molecular flexibility index (Phi) is 2.41. The van der Waals surface area contributed by atoms with Gasteiger partial charge in [0.1, 0.15) is 22.8 Å². The van der Waals surface area contributed by atoms with Crippen LogP contribution in [-0.2, 0) is 7.05 Å². The summed E-state index contributed by atoms with van der Waals surface area (Å²) in [7, 11) is 1.75. The SMILES string of the molecule is Cn1c(Cl)c(C=O)c2c(-c3ccco3)ncnc21. The lowest BCUT2D eigenvalue weighted by Crippen LogP contribution is -1.91. The number of nitrogens with zero attached hydrogens (tertiary/aromatic N) is 3. The van der Waals surface area contributed by atoms with Gasteiger partial charge in [-0.2, -0.15) is 0 Å². The number of halogens is 1. The molecule has 0 aliphatic rings. The van der Waals surface area contributed by atoms with Crippen LogP contribution in [-0.4, -0.2) is 20.8 Å². The molecule has 0 atom stereocenters. The average molecular weight is 262 g/mol. The molecule has 0 radical (unpaired) electrons. The number of hydrogen-bond acceptors (Lipinski definition) is 4. The topological polar surface area (TPSA) is 60.9 Å². The van der Waals surface area contributed by atoms with Crippen LogP contribution in [0.15, 0.2) is 29.1 Å². The van der Waals surface area contributed by atoms with Gasteiger partial charge >= 0.3 is 0 Å². The Morgan fingerprint density at radius 1 is 1.44 bits per heavy atom. The Bertz CT molecular complexity index is 731. The minimum atomic E-state index is 0.341. The molecule has 0 spiro atoms. The first-order chi connectivity index (χ1) is 8.74. The van der Waals surface area contributed by atoms with Crippen molar-refractivity contribution in [2.24, 2.45) is 7.05 Å². The highest BCUT2D eigenvalue weighted by Crippen LogP contribution is 2.33. The van der Waals surface area contributed by atoms with Crippen molar-refractivity contribution in [3.05, 3.63) is 35.4 Å². The van der Waals surface area contributed by atoms with Crippen molar-refractivity contribution in [1.29, 1.82) is 0 Å². The zero-order valence-corrected chi connectivity index (χ0v) is 10.2. The predicted molar refractivity (Wildman–Crippen MR) is 66.6 cm³/mol. The molecule has 0 aliphatic carbocycles. The summed E-state index contributed by atoms with van der Waals surface area (Å²) in [5.74, 6) is 0.577. The zero-order valence-electron chi connectivity index (χ0n) is 9.42. The van der Waals surface area contributed by atoms with Crippen LogP contribution in [0.2, 0.25) is 5.15 Å². The first kappa shape index (κ1) is 11.0. The maximum Gasteiger partial charge on any atom is 0.153 e. The van der Waals surface area contributed by atoms with Crippen molar-refractivity contribution in [1.82, 2.24) is 14.5 Å². The highest BCUT2D eigenvalue weighted by atomic mass is 35.5. The number of hydrogen-bond donors (Lipinski definition) is 0. The normalized spacial score (nSPS) is 11.0. The summed E-state index contributed by atoms with van der Waals surface area (Å²) in [5.41, 5.74) is 1.54. The lowest BCUT2D eigenvalue weighted by molar-refractivity contribution is 0.112. The molecule has 3 aromatic heterocycles. The van der Waals surface area contributed by atoms with Gasteiger partial charge in [-0.25, -0.2) is 9.97 Å². The molecule has 3 aromatic rings. The summed E-state index contributed by atoms with van der Waals surface area (Å²) in [6.07, 6.45) is 3.68. The molecule has 0 aromatic carbocycles. The van der Waals surface area contributed by atoms with Crippen molar-refractivity contribution >= 4 is 28.9 Å². The van der Waals surface area contributed by atoms with Crippen molar-refractivity contribution < 1.29 is 9.21 Å². The van der Waals surface area contributed by atoms with Crippen LogP contribution < -0.4 is 0 Å². The Balaban J connectivity index is 2.47. The lowest BCUT2D eigenvalue weighted by Gasteiger charge is -1.99. The Morgan fingerprint density at radius 2 is 2.28 bits per heavy atom. The predicted octanol–water partition coefficient (Wildman–Crippen LogP) is 2.69. The molecule has 90 valence electrons. The van der Waals surface area contributed by atoms with Gasteiger partial charge in [-0.1, -0.05) is 11.6 Å². The zero-order chi connectivity index (χ0) is 12.7. The van der Waals surface area contributed by atoms with Crippen molar-refractivity contribution in [3.63, 3.8) is 0 Å². The molecule has 3 heterocycles. The number of aldehydes is 1. The van der Waals surface area contributed by atoms with E-state index in [9.17, 15) is 4.79 Å². The number of carbonyl (C=O) groups excluding carboxylic acids is 1. The summed E-state index contributed by atoms with van der Waals surface area (Å²) in [4.78, 5) is 19.5. The van der Waals surface area contributed by atoms with E-state index in [-0.39, 0.29) is 0 Å². The quantitative estimate of drug-likeness (QED) is 0.666. The molecule has 0 saturated heterocycles. The maximum absolute atomic E-state index is 11.2. The molecule has 3 rings (SSSR count). The molecule has 5 nitrogen and oxygen atoms in total. The van der Waals surface area contributed by atoms with Crippen LogP contribution in [0.4, 0.5) is 0 Å². The third-order valence-electron chi connectivity index (χ3n) is 2.80. The van der Waals surface area contributed by atoms with Gasteiger partial charge in [-0.15, -0.1) is 0 Å². The van der Waals surface area contributed by atoms with Gasteiger partial charge in [0.15, 0.2) is 12.0 Å². The van der Waals surface area contributed by atoms with E-state index in [4.69, 9.17) is 16.0 Å².